The van der Waals surface area contributed by atoms with Crippen LogP contribution in [0, 0.1) is 13.8 Å². The smallest absolute Gasteiger partial charge is 0.252 e. The Morgan fingerprint density at radius 1 is 0.531 bits per heavy atom. The van der Waals surface area contributed by atoms with E-state index in [1.54, 1.807) is 0 Å². The molecule has 7 aromatic carbocycles. The predicted octanol–water partition coefficient (Wildman–Crippen LogP) is 14.9. The summed E-state index contributed by atoms with van der Waals surface area (Å²) in [7, 11) is 0. The third kappa shape index (κ3) is 6.08. The number of nitrogens with zero attached hydrogens (tertiary/aromatic N) is 2. The summed E-state index contributed by atoms with van der Waals surface area (Å²) in [5, 5.41) is 2.34. The molecule has 0 atom stereocenters. The number of anilines is 6. The Labute approximate surface area is 381 Å². The zero-order chi connectivity index (χ0) is 44.8. The minimum Gasteiger partial charge on any atom is -0.456 e. The highest BCUT2D eigenvalue weighted by Gasteiger charge is 2.47. The van der Waals surface area contributed by atoms with E-state index in [1.165, 1.54) is 100 Å². The van der Waals surface area contributed by atoms with Gasteiger partial charge in [-0.3, -0.25) is 0 Å². The second-order valence-corrected chi connectivity index (χ2v) is 22.6. The maximum atomic E-state index is 6.88. The summed E-state index contributed by atoms with van der Waals surface area (Å²) in [5.41, 5.74) is 23.9. The van der Waals surface area contributed by atoms with Crippen LogP contribution in [0.4, 0.5) is 34.1 Å². The van der Waals surface area contributed by atoms with E-state index in [-0.39, 0.29) is 28.4 Å². The monoisotopic (exact) mass is 836 g/mol. The lowest BCUT2D eigenvalue weighted by Crippen LogP contribution is -2.62. The van der Waals surface area contributed by atoms with Crippen molar-refractivity contribution in [2.24, 2.45) is 0 Å². The summed E-state index contributed by atoms with van der Waals surface area (Å²) in [5.74, 6) is 0. The van der Waals surface area contributed by atoms with Crippen LogP contribution in [-0.4, -0.2) is 6.71 Å². The SMILES string of the molecule is Cc1cc2c3c(c1)N(c1ccccc1-c1ccccc1)c1c(ccc4oc5ccc(C(C)(C)C)cc5c14)B3c1cc3c(cc1N2c1ccc(C(C)(C)C)cc1C)C(C)(C)CCC3(C)C. The number of para-hydroxylation sites is 1. The molecule has 2 aliphatic heterocycles. The molecule has 0 saturated heterocycles. The van der Waals surface area contributed by atoms with Crippen LogP contribution in [0.3, 0.4) is 0 Å². The normalized spacial score (nSPS) is 16.2. The van der Waals surface area contributed by atoms with Crippen LogP contribution in [0.15, 0.2) is 132 Å². The lowest BCUT2D eigenvalue weighted by Gasteiger charge is -2.48. The Morgan fingerprint density at radius 3 is 1.83 bits per heavy atom. The van der Waals surface area contributed by atoms with Gasteiger partial charge in [0.15, 0.2) is 0 Å². The van der Waals surface area contributed by atoms with Crippen LogP contribution in [0.2, 0.25) is 0 Å². The molecule has 1 aromatic heterocycles. The number of benzene rings is 7. The van der Waals surface area contributed by atoms with Gasteiger partial charge >= 0.3 is 0 Å². The second kappa shape index (κ2) is 13.8. The van der Waals surface area contributed by atoms with Gasteiger partial charge < -0.3 is 14.2 Å². The Bertz CT molecular complexity index is 3230. The van der Waals surface area contributed by atoms with Gasteiger partial charge in [0.25, 0.3) is 6.71 Å². The van der Waals surface area contributed by atoms with Gasteiger partial charge in [0, 0.05) is 33.7 Å². The van der Waals surface area contributed by atoms with Gasteiger partial charge in [-0.1, -0.05) is 148 Å². The second-order valence-electron chi connectivity index (χ2n) is 22.6. The van der Waals surface area contributed by atoms with Crippen molar-refractivity contribution in [1.82, 2.24) is 0 Å². The van der Waals surface area contributed by atoms with Crippen molar-refractivity contribution in [3.8, 4) is 11.1 Å². The fourth-order valence-corrected chi connectivity index (χ4v) is 11.4. The van der Waals surface area contributed by atoms with Gasteiger partial charge in [-0.25, -0.2) is 0 Å². The highest BCUT2D eigenvalue weighted by molar-refractivity contribution is 7.00. The summed E-state index contributed by atoms with van der Waals surface area (Å²) in [4.78, 5) is 5.26. The molecule has 0 N–H and O–H groups in total. The van der Waals surface area contributed by atoms with Crippen molar-refractivity contribution >= 4 is 79.2 Å². The summed E-state index contributed by atoms with van der Waals surface area (Å²) in [6.07, 6.45) is 2.32. The van der Waals surface area contributed by atoms with E-state index in [9.17, 15) is 0 Å². The molecule has 0 fully saturated rings. The van der Waals surface area contributed by atoms with E-state index in [0.29, 0.717) is 0 Å². The van der Waals surface area contributed by atoms with Crippen LogP contribution in [0.25, 0.3) is 33.1 Å². The molecule has 3 heterocycles. The maximum Gasteiger partial charge on any atom is 0.252 e. The molecule has 64 heavy (non-hydrogen) atoms. The number of furan rings is 1. The molecular weight excluding hydrogens is 775 g/mol. The molecule has 3 aliphatic rings. The largest absolute Gasteiger partial charge is 0.456 e. The lowest BCUT2D eigenvalue weighted by molar-refractivity contribution is 0.332. The van der Waals surface area contributed by atoms with E-state index in [2.05, 4.69) is 220 Å². The minimum atomic E-state index is -0.0283. The molecule has 11 rings (SSSR count). The van der Waals surface area contributed by atoms with Crippen LogP contribution < -0.4 is 26.2 Å². The first kappa shape index (κ1) is 40.8. The molecule has 0 bridgehead atoms. The molecule has 3 nitrogen and oxygen atoms in total. The summed E-state index contributed by atoms with van der Waals surface area (Å²) >= 11 is 0. The zero-order valence-electron chi connectivity index (χ0n) is 39.9. The first-order valence-corrected chi connectivity index (χ1v) is 23.5. The van der Waals surface area contributed by atoms with Gasteiger partial charge in [0.05, 0.1) is 16.8 Å². The minimum absolute atomic E-state index is 0.0209. The van der Waals surface area contributed by atoms with Crippen molar-refractivity contribution in [2.75, 3.05) is 9.80 Å². The number of hydrogen-bond donors (Lipinski definition) is 0. The van der Waals surface area contributed by atoms with Gasteiger partial charge in [0.2, 0.25) is 0 Å². The average Bonchev–Trinajstić information content (AvgIpc) is 3.63. The molecule has 0 saturated carbocycles. The molecule has 0 spiro atoms. The third-order valence-electron chi connectivity index (χ3n) is 15.2. The lowest BCUT2D eigenvalue weighted by atomic mass is 9.33. The van der Waals surface area contributed by atoms with E-state index < -0.39 is 0 Å². The molecular formula is C60H61BN2O. The topological polar surface area (TPSA) is 19.6 Å². The predicted molar refractivity (Wildman–Crippen MR) is 275 cm³/mol. The summed E-state index contributed by atoms with van der Waals surface area (Å²) in [6, 6.07) is 48.8. The van der Waals surface area contributed by atoms with Gasteiger partial charge in [-0.15, -0.1) is 0 Å². The Hall–Kier alpha value is -6.00. The van der Waals surface area contributed by atoms with Crippen LogP contribution in [0.5, 0.6) is 0 Å². The Balaban J connectivity index is 1.31. The van der Waals surface area contributed by atoms with Crippen molar-refractivity contribution in [3.63, 3.8) is 0 Å². The standard InChI is InChI=1S/C60H61BN2O/c1-36-30-50-55-51(31-36)63(48-21-17-16-20-41(48)38-18-14-13-15-19-38)56-45(24-27-53-54(56)42-33-40(58(6,7)8)23-26-52(42)64-53)61(55)46-34-43-44(60(11,12)29-28-59(43,9)10)35-49(46)62(50)47-25-22-39(32-37(47)2)57(3,4)5/h13-27,30-35H,28-29H2,1-12H3. The fraction of sp³-hybridized carbons (Fsp3) is 0.300. The average molecular weight is 837 g/mol. The van der Waals surface area contributed by atoms with Gasteiger partial charge in [0.1, 0.15) is 11.2 Å². The summed E-state index contributed by atoms with van der Waals surface area (Å²) in [6.45, 7) is 28.3. The number of fused-ring (bicyclic) bond motifs is 9. The van der Waals surface area contributed by atoms with Crippen molar-refractivity contribution in [2.45, 2.75) is 118 Å². The van der Waals surface area contributed by atoms with E-state index in [4.69, 9.17) is 4.42 Å². The third-order valence-corrected chi connectivity index (χ3v) is 15.2. The molecule has 4 heteroatoms. The van der Waals surface area contributed by atoms with Crippen LogP contribution in [-0.2, 0) is 21.7 Å². The quantitative estimate of drug-likeness (QED) is 0.165. The molecule has 320 valence electrons. The number of aryl methyl sites for hydroxylation is 2. The van der Waals surface area contributed by atoms with Gasteiger partial charge in [-0.05, 0) is 152 Å². The molecule has 0 unspecified atom stereocenters. The zero-order valence-corrected chi connectivity index (χ0v) is 39.9. The van der Waals surface area contributed by atoms with Crippen molar-refractivity contribution < 1.29 is 4.42 Å². The van der Waals surface area contributed by atoms with Gasteiger partial charge in [-0.2, -0.15) is 0 Å². The summed E-state index contributed by atoms with van der Waals surface area (Å²) < 4.78 is 6.88. The van der Waals surface area contributed by atoms with Crippen molar-refractivity contribution in [3.05, 3.63) is 161 Å². The van der Waals surface area contributed by atoms with Crippen LogP contribution >= 0.6 is 0 Å². The highest BCUT2D eigenvalue weighted by atomic mass is 16.3. The maximum absolute atomic E-state index is 6.88. The van der Waals surface area contributed by atoms with Crippen LogP contribution in [0.1, 0.15) is 115 Å². The fourth-order valence-electron chi connectivity index (χ4n) is 11.4. The first-order valence-electron chi connectivity index (χ1n) is 23.5. The van der Waals surface area contributed by atoms with E-state index >= 15 is 0 Å². The highest BCUT2D eigenvalue weighted by Crippen LogP contribution is 2.53. The van der Waals surface area contributed by atoms with E-state index in [0.717, 1.165) is 29.7 Å². The van der Waals surface area contributed by atoms with E-state index in [1.807, 2.05) is 0 Å². The molecule has 0 radical (unpaired) electrons. The first-order chi connectivity index (χ1) is 30.3. The molecule has 8 aromatic rings. The number of hydrogen-bond acceptors (Lipinski definition) is 3. The Kier molecular flexibility index (Phi) is 8.76. The molecule has 1 aliphatic carbocycles. The molecule has 0 amide bonds. The number of rotatable bonds is 3. The van der Waals surface area contributed by atoms with Crippen molar-refractivity contribution in [1.29, 1.82) is 0 Å². The Morgan fingerprint density at radius 2 is 1.14 bits per heavy atom.